The van der Waals surface area contributed by atoms with Crippen LogP contribution in [0.5, 0.6) is 5.88 Å². The van der Waals surface area contributed by atoms with Crippen molar-refractivity contribution >= 4 is 22.4 Å². The van der Waals surface area contributed by atoms with Gasteiger partial charge < -0.3 is 4.74 Å². The van der Waals surface area contributed by atoms with Crippen LogP contribution < -0.4 is 4.74 Å². The molecule has 2 heterocycles. The van der Waals surface area contributed by atoms with E-state index in [1.54, 1.807) is 18.5 Å². The number of rotatable bonds is 5. The highest BCUT2D eigenvalue weighted by molar-refractivity contribution is 6.30. The van der Waals surface area contributed by atoms with Gasteiger partial charge in [0, 0.05) is 17.3 Å². The molecule has 0 N–H and O–H groups in total. The van der Waals surface area contributed by atoms with Crippen LogP contribution in [0.3, 0.4) is 0 Å². The van der Waals surface area contributed by atoms with E-state index in [0.717, 1.165) is 29.2 Å². The van der Waals surface area contributed by atoms with Crippen LogP contribution in [0, 0.1) is 0 Å². The molecule has 0 amide bonds. The van der Waals surface area contributed by atoms with E-state index in [1.165, 1.54) is 0 Å². The third-order valence-corrected chi connectivity index (χ3v) is 4.74. The van der Waals surface area contributed by atoms with Gasteiger partial charge in [-0.05, 0) is 55.7 Å². The second kappa shape index (κ2) is 5.55. The van der Waals surface area contributed by atoms with E-state index in [9.17, 15) is 0 Å². The standard InChI is InChI=1S/C16H18ClN5O/c1-4-16(3,21-22-18)12-9-20-14(23-15(2)5-6-15)11-8-19-13(17)7-10(11)12/h7-9H,4-6H2,1-3H3. The summed E-state index contributed by atoms with van der Waals surface area (Å²) in [5.74, 6) is 0.548. The molecule has 1 aliphatic carbocycles. The van der Waals surface area contributed by atoms with Gasteiger partial charge >= 0.3 is 0 Å². The number of azide groups is 1. The van der Waals surface area contributed by atoms with Crippen molar-refractivity contribution < 1.29 is 4.74 Å². The van der Waals surface area contributed by atoms with E-state index in [1.807, 2.05) is 13.8 Å². The number of hydrogen-bond acceptors (Lipinski definition) is 4. The predicted molar refractivity (Wildman–Crippen MR) is 89.6 cm³/mol. The number of fused-ring (bicyclic) bond motifs is 1. The van der Waals surface area contributed by atoms with Crippen molar-refractivity contribution in [2.24, 2.45) is 5.11 Å². The predicted octanol–water partition coefficient (Wildman–Crippen LogP) is 5.15. The summed E-state index contributed by atoms with van der Waals surface area (Å²) in [6, 6.07) is 1.77. The quantitative estimate of drug-likeness (QED) is 0.328. The Morgan fingerprint density at radius 2 is 2.13 bits per heavy atom. The molecule has 7 heteroatoms. The van der Waals surface area contributed by atoms with E-state index >= 15 is 0 Å². The summed E-state index contributed by atoms with van der Waals surface area (Å²) in [5, 5.41) is 6.00. The van der Waals surface area contributed by atoms with Gasteiger partial charge in [-0.3, -0.25) is 0 Å². The van der Waals surface area contributed by atoms with Crippen molar-refractivity contribution in [3.05, 3.63) is 39.6 Å². The SMILES string of the molecule is CCC(C)(N=[N+]=[N-])c1cnc(OC2(C)CC2)c2cnc(Cl)cc12. The molecule has 23 heavy (non-hydrogen) atoms. The maximum Gasteiger partial charge on any atom is 0.223 e. The van der Waals surface area contributed by atoms with Crippen molar-refractivity contribution in [3.63, 3.8) is 0 Å². The molecule has 1 fully saturated rings. The maximum absolute atomic E-state index is 8.91. The number of halogens is 1. The fourth-order valence-corrected chi connectivity index (χ4v) is 2.68. The Morgan fingerprint density at radius 3 is 2.74 bits per heavy atom. The summed E-state index contributed by atoms with van der Waals surface area (Å²) in [6.45, 7) is 5.92. The molecule has 0 saturated heterocycles. The lowest BCUT2D eigenvalue weighted by molar-refractivity contribution is 0.194. The molecule has 6 nitrogen and oxygen atoms in total. The number of aromatic nitrogens is 2. The minimum atomic E-state index is -0.702. The summed E-state index contributed by atoms with van der Waals surface area (Å²) in [4.78, 5) is 11.6. The van der Waals surface area contributed by atoms with Crippen LogP contribution in [0.1, 0.15) is 45.6 Å². The van der Waals surface area contributed by atoms with Crippen LogP contribution >= 0.6 is 11.6 Å². The minimum absolute atomic E-state index is 0.139. The molecule has 0 spiro atoms. The molecule has 0 aliphatic heterocycles. The lowest BCUT2D eigenvalue weighted by Crippen LogP contribution is -2.19. The molecule has 2 aromatic rings. The molecular weight excluding hydrogens is 314 g/mol. The Kier molecular flexibility index (Phi) is 3.82. The topological polar surface area (TPSA) is 83.8 Å². The Labute approximate surface area is 139 Å². The van der Waals surface area contributed by atoms with Crippen LogP contribution in [0.2, 0.25) is 5.15 Å². The van der Waals surface area contributed by atoms with E-state index in [-0.39, 0.29) is 5.60 Å². The first-order valence-corrected chi connectivity index (χ1v) is 7.98. The molecule has 3 rings (SSSR count). The number of hydrogen-bond donors (Lipinski definition) is 0. The summed E-state index contributed by atoms with van der Waals surface area (Å²) in [6.07, 6.45) is 6.07. The lowest BCUT2D eigenvalue weighted by atomic mass is 9.88. The fraction of sp³-hybridized carbons (Fsp3) is 0.500. The van der Waals surface area contributed by atoms with E-state index in [0.29, 0.717) is 17.5 Å². The normalized spacial score (nSPS) is 18.1. The third-order valence-electron chi connectivity index (χ3n) is 4.53. The molecule has 0 bridgehead atoms. The molecule has 120 valence electrons. The van der Waals surface area contributed by atoms with Gasteiger partial charge in [0.15, 0.2) is 0 Å². The number of ether oxygens (including phenoxy) is 1. The van der Waals surface area contributed by atoms with Crippen molar-refractivity contribution in [1.82, 2.24) is 9.97 Å². The summed E-state index contributed by atoms with van der Waals surface area (Å²) < 4.78 is 6.03. The first-order valence-electron chi connectivity index (χ1n) is 7.61. The van der Waals surface area contributed by atoms with Crippen LogP contribution in [0.4, 0.5) is 0 Å². The van der Waals surface area contributed by atoms with E-state index in [2.05, 4.69) is 26.9 Å². The average Bonchev–Trinajstić information content (AvgIpc) is 3.24. The van der Waals surface area contributed by atoms with Crippen LogP contribution in [0.15, 0.2) is 23.6 Å². The van der Waals surface area contributed by atoms with Gasteiger partial charge in [0.1, 0.15) is 10.8 Å². The Hall–Kier alpha value is -2.04. The molecule has 1 atom stereocenters. The fourth-order valence-electron chi connectivity index (χ4n) is 2.52. The highest BCUT2D eigenvalue weighted by Gasteiger charge is 2.41. The van der Waals surface area contributed by atoms with Crippen molar-refractivity contribution in [2.45, 2.75) is 51.2 Å². The lowest BCUT2D eigenvalue weighted by Gasteiger charge is -2.25. The minimum Gasteiger partial charge on any atom is -0.471 e. The molecule has 1 unspecified atom stereocenters. The van der Waals surface area contributed by atoms with Gasteiger partial charge in [0.25, 0.3) is 0 Å². The zero-order chi connectivity index (χ0) is 16.7. The van der Waals surface area contributed by atoms with Crippen LogP contribution in [-0.4, -0.2) is 15.6 Å². The Morgan fingerprint density at radius 1 is 1.39 bits per heavy atom. The molecule has 1 aliphatic rings. The van der Waals surface area contributed by atoms with Crippen molar-refractivity contribution in [1.29, 1.82) is 0 Å². The summed E-state index contributed by atoms with van der Waals surface area (Å²) >= 11 is 6.08. The largest absolute Gasteiger partial charge is 0.471 e. The molecular formula is C16H18ClN5O. The summed E-state index contributed by atoms with van der Waals surface area (Å²) in [7, 11) is 0. The molecule has 0 aromatic carbocycles. The highest BCUT2D eigenvalue weighted by Crippen LogP contribution is 2.43. The monoisotopic (exact) mass is 331 g/mol. The van der Waals surface area contributed by atoms with E-state index < -0.39 is 5.54 Å². The number of pyridine rings is 2. The maximum atomic E-state index is 8.91. The zero-order valence-corrected chi connectivity index (χ0v) is 14.1. The van der Waals surface area contributed by atoms with Gasteiger partial charge in [-0.2, -0.15) is 0 Å². The highest BCUT2D eigenvalue weighted by atomic mass is 35.5. The first kappa shape index (κ1) is 15.8. The van der Waals surface area contributed by atoms with Gasteiger partial charge in [-0.25, -0.2) is 9.97 Å². The van der Waals surface area contributed by atoms with Crippen LogP contribution in [-0.2, 0) is 5.54 Å². The summed E-state index contributed by atoms with van der Waals surface area (Å²) in [5.41, 5.74) is 8.90. The number of nitrogens with zero attached hydrogens (tertiary/aromatic N) is 5. The van der Waals surface area contributed by atoms with Gasteiger partial charge in [0.2, 0.25) is 5.88 Å². The van der Waals surface area contributed by atoms with Crippen molar-refractivity contribution in [2.75, 3.05) is 0 Å². The average molecular weight is 332 g/mol. The Bertz CT molecular complexity index is 813. The first-order chi connectivity index (χ1) is 10.9. The molecule has 1 saturated carbocycles. The second-order valence-corrected chi connectivity index (χ2v) is 6.79. The molecule has 2 aromatic heterocycles. The van der Waals surface area contributed by atoms with Gasteiger partial charge in [-0.15, -0.1) is 0 Å². The third kappa shape index (κ3) is 2.92. The van der Waals surface area contributed by atoms with Crippen molar-refractivity contribution in [3.8, 4) is 5.88 Å². The smallest absolute Gasteiger partial charge is 0.223 e. The zero-order valence-electron chi connectivity index (χ0n) is 13.4. The molecule has 0 radical (unpaired) electrons. The second-order valence-electron chi connectivity index (χ2n) is 6.40. The van der Waals surface area contributed by atoms with Gasteiger partial charge in [0.05, 0.1) is 10.9 Å². The van der Waals surface area contributed by atoms with Gasteiger partial charge in [-0.1, -0.05) is 23.6 Å². The van der Waals surface area contributed by atoms with Crippen LogP contribution in [0.25, 0.3) is 21.2 Å². The Balaban J connectivity index is 2.22. The van der Waals surface area contributed by atoms with E-state index in [4.69, 9.17) is 21.9 Å².